The molecule has 0 spiro atoms. The molecular weight excluding hydrogens is 390 g/mol. The van der Waals surface area contributed by atoms with Gasteiger partial charge in [0.15, 0.2) is 5.76 Å². The van der Waals surface area contributed by atoms with Gasteiger partial charge in [0.1, 0.15) is 11.4 Å². The number of nitrogens with zero attached hydrogens (tertiary/aromatic N) is 4. The van der Waals surface area contributed by atoms with E-state index >= 15 is 0 Å². The topological polar surface area (TPSA) is 85.8 Å². The summed E-state index contributed by atoms with van der Waals surface area (Å²) in [6.07, 6.45) is 7.61. The Morgan fingerprint density at radius 3 is 2.58 bits per heavy atom. The van der Waals surface area contributed by atoms with Crippen molar-refractivity contribution in [3.05, 3.63) is 77.0 Å². The number of hydrogen-bond acceptors (Lipinski definition) is 6. The van der Waals surface area contributed by atoms with E-state index in [1.54, 1.807) is 29.1 Å². The van der Waals surface area contributed by atoms with Crippen molar-refractivity contribution in [1.82, 2.24) is 25.0 Å². The zero-order chi connectivity index (χ0) is 21.2. The predicted octanol–water partition coefficient (Wildman–Crippen LogP) is 3.76. The first kappa shape index (κ1) is 19.4. The van der Waals surface area contributed by atoms with Crippen LogP contribution in [0.15, 0.2) is 70.4 Å². The maximum atomic E-state index is 12.1. The molecule has 1 saturated carbocycles. The average molecular weight is 413 g/mol. The van der Waals surface area contributed by atoms with Gasteiger partial charge < -0.3 is 14.4 Å². The Labute approximate surface area is 179 Å². The minimum atomic E-state index is 0.0142. The molecule has 1 aromatic carbocycles. The lowest BCUT2D eigenvalue weighted by molar-refractivity contribution is 0.433. The van der Waals surface area contributed by atoms with E-state index in [0.29, 0.717) is 23.1 Å². The predicted molar refractivity (Wildman–Crippen MR) is 118 cm³/mol. The SMILES string of the molecule is CNCc1ccc(-c2cc(-c3cncc(-c4ccc(=O)n(CC5CC5)c4)n3)on2)cc1. The third kappa shape index (κ3) is 4.32. The summed E-state index contributed by atoms with van der Waals surface area (Å²) >= 11 is 0. The minimum Gasteiger partial charge on any atom is -0.354 e. The second-order valence-electron chi connectivity index (χ2n) is 7.94. The lowest BCUT2D eigenvalue weighted by Gasteiger charge is -2.07. The van der Waals surface area contributed by atoms with Gasteiger partial charge in [-0.15, -0.1) is 0 Å². The molecule has 1 aliphatic rings. The zero-order valence-corrected chi connectivity index (χ0v) is 17.3. The van der Waals surface area contributed by atoms with Crippen LogP contribution in [-0.2, 0) is 13.1 Å². The van der Waals surface area contributed by atoms with Gasteiger partial charge in [0.25, 0.3) is 5.56 Å². The molecule has 0 amide bonds. The fourth-order valence-corrected chi connectivity index (χ4v) is 3.56. The maximum absolute atomic E-state index is 12.1. The Bertz CT molecular complexity index is 1260. The molecular formula is C24H23N5O2. The fraction of sp³-hybridized carbons (Fsp3) is 0.250. The van der Waals surface area contributed by atoms with E-state index in [9.17, 15) is 4.79 Å². The molecule has 0 aliphatic heterocycles. The van der Waals surface area contributed by atoms with E-state index in [-0.39, 0.29) is 5.56 Å². The van der Waals surface area contributed by atoms with Gasteiger partial charge >= 0.3 is 0 Å². The van der Waals surface area contributed by atoms with E-state index in [1.165, 1.54) is 18.4 Å². The highest BCUT2D eigenvalue weighted by Crippen LogP contribution is 2.30. The van der Waals surface area contributed by atoms with E-state index < -0.39 is 0 Å². The molecule has 3 heterocycles. The molecule has 0 unspecified atom stereocenters. The monoisotopic (exact) mass is 413 g/mol. The highest BCUT2D eigenvalue weighted by atomic mass is 16.5. The van der Waals surface area contributed by atoms with Crippen molar-refractivity contribution in [1.29, 1.82) is 0 Å². The summed E-state index contributed by atoms with van der Waals surface area (Å²) in [5, 5.41) is 7.34. The highest BCUT2D eigenvalue weighted by molar-refractivity contribution is 5.66. The van der Waals surface area contributed by atoms with Crippen molar-refractivity contribution in [3.8, 4) is 34.0 Å². The van der Waals surface area contributed by atoms with Gasteiger partial charge in [0, 0.05) is 42.5 Å². The third-order valence-corrected chi connectivity index (χ3v) is 5.46. The molecule has 1 aliphatic carbocycles. The van der Waals surface area contributed by atoms with Crippen molar-refractivity contribution in [2.24, 2.45) is 5.92 Å². The van der Waals surface area contributed by atoms with Crippen LogP contribution in [0.4, 0.5) is 0 Å². The molecule has 156 valence electrons. The molecule has 7 nitrogen and oxygen atoms in total. The van der Waals surface area contributed by atoms with Crippen LogP contribution < -0.4 is 10.9 Å². The van der Waals surface area contributed by atoms with Crippen LogP contribution in [0.2, 0.25) is 0 Å². The Kier molecular flexibility index (Phi) is 5.18. The van der Waals surface area contributed by atoms with E-state index in [2.05, 4.69) is 27.6 Å². The summed E-state index contributed by atoms with van der Waals surface area (Å²) in [6, 6.07) is 13.4. The number of nitrogens with one attached hydrogen (secondary N) is 1. The third-order valence-electron chi connectivity index (χ3n) is 5.46. The van der Waals surface area contributed by atoms with Crippen LogP contribution in [0.5, 0.6) is 0 Å². The lowest BCUT2D eigenvalue weighted by Crippen LogP contribution is -2.19. The largest absolute Gasteiger partial charge is 0.354 e. The molecule has 31 heavy (non-hydrogen) atoms. The lowest BCUT2D eigenvalue weighted by atomic mass is 10.1. The molecule has 0 saturated heterocycles. The van der Waals surface area contributed by atoms with Crippen molar-refractivity contribution in [2.45, 2.75) is 25.9 Å². The number of pyridine rings is 1. The first-order valence-electron chi connectivity index (χ1n) is 10.4. The van der Waals surface area contributed by atoms with Crippen LogP contribution >= 0.6 is 0 Å². The van der Waals surface area contributed by atoms with Gasteiger partial charge in [-0.1, -0.05) is 29.4 Å². The van der Waals surface area contributed by atoms with Crippen molar-refractivity contribution < 1.29 is 4.52 Å². The Morgan fingerprint density at radius 2 is 1.81 bits per heavy atom. The molecule has 7 heteroatoms. The maximum Gasteiger partial charge on any atom is 0.250 e. The second kappa shape index (κ2) is 8.28. The summed E-state index contributed by atoms with van der Waals surface area (Å²) in [5.74, 6) is 1.17. The van der Waals surface area contributed by atoms with Gasteiger partial charge in [-0.2, -0.15) is 0 Å². The van der Waals surface area contributed by atoms with Gasteiger partial charge in [-0.3, -0.25) is 9.78 Å². The van der Waals surface area contributed by atoms with E-state index in [1.807, 2.05) is 31.4 Å². The normalized spacial score (nSPS) is 13.5. The summed E-state index contributed by atoms with van der Waals surface area (Å²) in [7, 11) is 1.93. The van der Waals surface area contributed by atoms with Crippen molar-refractivity contribution in [2.75, 3.05) is 7.05 Å². The highest BCUT2D eigenvalue weighted by Gasteiger charge is 2.22. The van der Waals surface area contributed by atoms with Crippen LogP contribution in [0.3, 0.4) is 0 Å². The summed E-state index contributed by atoms with van der Waals surface area (Å²) in [6.45, 7) is 1.58. The van der Waals surface area contributed by atoms with Gasteiger partial charge in [0.05, 0.1) is 18.1 Å². The van der Waals surface area contributed by atoms with Gasteiger partial charge in [0.2, 0.25) is 0 Å². The van der Waals surface area contributed by atoms with Crippen LogP contribution in [-0.4, -0.2) is 26.7 Å². The molecule has 3 aromatic heterocycles. The van der Waals surface area contributed by atoms with Crippen molar-refractivity contribution >= 4 is 0 Å². The Morgan fingerprint density at radius 1 is 1.03 bits per heavy atom. The number of rotatable bonds is 7. The summed E-state index contributed by atoms with van der Waals surface area (Å²) in [4.78, 5) is 21.2. The van der Waals surface area contributed by atoms with Gasteiger partial charge in [-0.25, -0.2) is 4.98 Å². The molecule has 4 aromatic rings. The standard InChI is InChI=1S/C24H23N5O2/c1-25-11-16-4-6-18(7-5-16)20-10-23(31-28-20)22-13-26-12-21(27-22)19-8-9-24(30)29(15-19)14-17-2-3-17/h4-10,12-13,15,17,25H,2-3,11,14H2,1H3. The molecule has 0 bridgehead atoms. The molecule has 1 fully saturated rings. The summed E-state index contributed by atoms with van der Waals surface area (Å²) < 4.78 is 7.33. The van der Waals surface area contributed by atoms with E-state index in [0.717, 1.165) is 29.9 Å². The molecule has 1 N–H and O–H groups in total. The molecule has 0 atom stereocenters. The number of benzene rings is 1. The molecule has 5 rings (SSSR count). The van der Waals surface area contributed by atoms with Crippen LogP contribution in [0.25, 0.3) is 34.0 Å². The average Bonchev–Trinajstić information content (AvgIpc) is 3.48. The number of aromatic nitrogens is 4. The quantitative estimate of drug-likeness (QED) is 0.497. The van der Waals surface area contributed by atoms with Gasteiger partial charge in [-0.05, 0) is 37.4 Å². The Balaban J connectivity index is 1.41. The second-order valence-corrected chi connectivity index (χ2v) is 7.94. The first-order valence-corrected chi connectivity index (χ1v) is 10.4. The van der Waals surface area contributed by atoms with E-state index in [4.69, 9.17) is 9.51 Å². The first-order chi connectivity index (χ1) is 15.2. The van der Waals surface area contributed by atoms with Crippen LogP contribution in [0.1, 0.15) is 18.4 Å². The van der Waals surface area contributed by atoms with Crippen LogP contribution in [0, 0.1) is 5.92 Å². The number of hydrogen-bond donors (Lipinski definition) is 1. The molecule has 0 radical (unpaired) electrons. The van der Waals surface area contributed by atoms with Crippen molar-refractivity contribution in [3.63, 3.8) is 0 Å². The fourth-order valence-electron chi connectivity index (χ4n) is 3.56. The summed E-state index contributed by atoms with van der Waals surface area (Å²) in [5.41, 5.74) is 5.09. The zero-order valence-electron chi connectivity index (χ0n) is 17.3. The minimum absolute atomic E-state index is 0.0142. The smallest absolute Gasteiger partial charge is 0.250 e. The Hall–Kier alpha value is -3.58.